The number of rotatable bonds is 6. The topological polar surface area (TPSA) is 92.0 Å². The van der Waals surface area contributed by atoms with Crippen molar-refractivity contribution in [1.29, 1.82) is 5.26 Å². The molecule has 39 heavy (non-hydrogen) atoms. The fourth-order valence-corrected chi connectivity index (χ4v) is 5.51. The van der Waals surface area contributed by atoms with Crippen molar-refractivity contribution in [3.63, 3.8) is 0 Å². The van der Waals surface area contributed by atoms with Crippen LogP contribution in [0.1, 0.15) is 42.5 Å². The Bertz CT molecular complexity index is 1520. The van der Waals surface area contributed by atoms with Crippen LogP contribution in [0.25, 0.3) is 33.7 Å². The van der Waals surface area contributed by atoms with Gasteiger partial charge in [0.05, 0.1) is 17.0 Å². The molecule has 0 radical (unpaired) electrons. The van der Waals surface area contributed by atoms with Crippen molar-refractivity contribution >= 4 is 22.9 Å². The molecule has 0 saturated carbocycles. The van der Waals surface area contributed by atoms with Crippen molar-refractivity contribution in [2.24, 2.45) is 11.5 Å². The summed E-state index contributed by atoms with van der Waals surface area (Å²) in [6, 6.07) is 20.4. The number of hydrogen-bond acceptors (Lipinski definition) is 5. The molecule has 5 nitrogen and oxygen atoms in total. The number of benzene rings is 2. The average molecular weight is 534 g/mol. The quantitative estimate of drug-likeness (QED) is 0.359. The predicted molar refractivity (Wildman–Crippen MR) is 161 cm³/mol. The number of allylic oxidation sites excluding steroid dienone is 5. The molecule has 0 bridgehead atoms. The van der Waals surface area contributed by atoms with E-state index >= 15 is 0 Å². The third kappa shape index (κ3) is 5.54. The number of pyridine rings is 1. The lowest BCUT2D eigenvalue weighted by Gasteiger charge is -2.38. The van der Waals surface area contributed by atoms with E-state index in [1.54, 1.807) is 0 Å². The van der Waals surface area contributed by atoms with E-state index in [-0.39, 0.29) is 0 Å². The molecule has 1 aliphatic carbocycles. The Balaban J connectivity index is 1.67. The summed E-state index contributed by atoms with van der Waals surface area (Å²) in [6.45, 7) is 6.00. The standard InChI is InChI=1S/C33H32ClN5/c1-22(39-17-6-5-10-27(39)20-35)24-8-7-9-25(18-24)29-19-32(28-11-3-2-4-12-31(28)37)38-33(30(29)21-36)23-13-15-26(34)16-14-23/h2-4,7-9,12-16,18-19,27H,1,5-6,10-11,17,20,35,37H2. The Morgan fingerprint density at radius 3 is 2.69 bits per heavy atom. The second kappa shape index (κ2) is 11.7. The first-order chi connectivity index (χ1) is 19.0. The van der Waals surface area contributed by atoms with Crippen LogP contribution in [0.5, 0.6) is 0 Å². The molecule has 2 aromatic carbocycles. The van der Waals surface area contributed by atoms with Crippen LogP contribution in [0.4, 0.5) is 0 Å². The maximum atomic E-state index is 10.4. The Morgan fingerprint density at radius 2 is 1.92 bits per heavy atom. The summed E-state index contributed by atoms with van der Waals surface area (Å²) in [4.78, 5) is 7.32. The molecule has 2 heterocycles. The highest BCUT2D eigenvalue weighted by atomic mass is 35.5. The number of nitrogens with two attached hydrogens (primary N) is 2. The maximum Gasteiger partial charge on any atom is 0.102 e. The molecule has 4 N–H and O–H groups in total. The Morgan fingerprint density at radius 1 is 1.10 bits per heavy atom. The summed E-state index contributed by atoms with van der Waals surface area (Å²) < 4.78 is 0. The van der Waals surface area contributed by atoms with E-state index in [0.717, 1.165) is 58.6 Å². The molecule has 1 aliphatic heterocycles. The minimum Gasteiger partial charge on any atom is -0.398 e. The second-order valence-electron chi connectivity index (χ2n) is 9.93. The molecule has 1 atom stereocenters. The molecule has 0 amide bonds. The first kappa shape index (κ1) is 26.5. The van der Waals surface area contributed by atoms with Gasteiger partial charge in [0.2, 0.25) is 0 Å². The van der Waals surface area contributed by atoms with Gasteiger partial charge in [-0.05, 0) is 67.2 Å². The van der Waals surface area contributed by atoms with Crippen LogP contribution in [-0.2, 0) is 0 Å². The van der Waals surface area contributed by atoms with E-state index in [2.05, 4.69) is 35.8 Å². The van der Waals surface area contributed by atoms with Gasteiger partial charge in [0.1, 0.15) is 6.07 Å². The van der Waals surface area contributed by atoms with Crippen molar-refractivity contribution in [2.75, 3.05) is 13.1 Å². The first-order valence-electron chi connectivity index (χ1n) is 13.3. The monoisotopic (exact) mass is 533 g/mol. The van der Waals surface area contributed by atoms with E-state index in [1.807, 2.05) is 60.7 Å². The number of halogens is 1. The predicted octanol–water partition coefficient (Wildman–Crippen LogP) is 6.91. The molecule has 1 fully saturated rings. The largest absolute Gasteiger partial charge is 0.398 e. The minimum absolute atomic E-state index is 0.292. The lowest BCUT2D eigenvalue weighted by molar-refractivity contribution is 0.233. The van der Waals surface area contributed by atoms with Gasteiger partial charge >= 0.3 is 0 Å². The summed E-state index contributed by atoms with van der Waals surface area (Å²) in [5.74, 6) is 0. The Kier molecular flexibility index (Phi) is 7.97. The normalized spacial score (nSPS) is 17.2. The van der Waals surface area contributed by atoms with Gasteiger partial charge in [-0.15, -0.1) is 0 Å². The average Bonchev–Trinajstić information content (AvgIpc) is 3.20. The van der Waals surface area contributed by atoms with Crippen molar-refractivity contribution < 1.29 is 0 Å². The van der Waals surface area contributed by atoms with Gasteiger partial charge in [-0.2, -0.15) is 5.26 Å². The second-order valence-corrected chi connectivity index (χ2v) is 10.4. The smallest absolute Gasteiger partial charge is 0.102 e. The number of likely N-dealkylation sites (tertiary alicyclic amines) is 1. The third-order valence-electron chi connectivity index (χ3n) is 7.50. The molecule has 6 heteroatoms. The van der Waals surface area contributed by atoms with Gasteiger partial charge in [0.25, 0.3) is 0 Å². The summed E-state index contributed by atoms with van der Waals surface area (Å²) >= 11 is 6.18. The first-order valence-corrected chi connectivity index (χ1v) is 13.7. The van der Waals surface area contributed by atoms with Gasteiger partial charge < -0.3 is 16.4 Å². The van der Waals surface area contributed by atoms with E-state index in [9.17, 15) is 5.26 Å². The summed E-state index contributed by atoms with van der Waals surface area (Å²) in [5, 5.41) is 11.0. The van der Waals surface area contributed by atoms with Gasteiger partial charge in [-0.1, -0.05) is 66.7 Å². The molecule has 3 aromatic rings. The van der Waals surface area contributed by atoms with Crippen LogP contribution >= 0.6 is 11.6 Å². The fraction of sp³-hybridized carbons (Fsp3) is 0.212. The summed E-state index contributed by atoms with van der Waals surface area (Å²) in [6.07, 6.45) is 11.9. The van der Waals surface area contributed by atoms with E-state index < -0.39 is 0 Å². The SMILES string of the molecule is C=C(c1cccc(-c2cc(C3=C(N)C=CC=CC3)nc(-c3ccc(Cl)cc3)c2C#N)c1)N1CCCCC1CN. The maximum absolute atomic E-state index is 10.4. The van der Waals surface area contributed by atoms with Crippen molar-refractivity contribution in [2.45, 2.75) is 31.7 Å². The lowest BCUT2D eigenvalue weighted by Crippen LogP contribution is -2.42. The van der Waals surface area contributed by atoms with Gasteiger partial charge in [-0.3, -0.25) is 0 Å². The molecule has 0 spiro atoms. The van der Waals surface area contributed by atoms with Crippen LogP contribution < -0.4 is 11.5 Å². The van der Waals surface area contributed by atoms with Crippen LogP contribution in [0, 0.1) is 11.3 Å². The Labute approximate surface area is 235 Å². The molecule has 1 saturated heterocycles. The summed E-state index contributed by atoms with van der Waals surface area (Å²) in [5.41, 5.74) is 20.5. The zero-order chi connectivity index (χ0) is 27.4. The van der Waals surface area contributed by atoms with E-state index in [4.69, 9.17) is 28.1 Å². The number of nitrogens with zero attached hydrogens (tertiary/aromatic N) is 3. The van der Waals surface area contributed by atoms with Gasteiger partial charge in [0.15, 0.2) is 0 Å². The molecular formula is C33H32ClN5. The zero-order valence-corrected chi connectivity index (χ0v) is 22.7. The summed E-state index contributed by atoms with van der Waals surface area (Å²) in [7, 11) is 0. The van der Waals surface area contributed by atoms with Crippen LogP contribution in [-0.4, -0.2) is 29.0 Å². The van der Waals surface area contributed by atoms with E-state index in [0.29, 0.717) is 41.0 Å². The molecule has 2 aliphatic rings. The molecule has 5 rings (SSSR count). The minimum atomic E-state index is 0.292. The molecular weight excluding hydrogens is 502 g/mol. The number of aromatic nitrogens is 1. The highest BCUT2D eigenvalue weighted by Crippen LogP contribution is 2.37. The van der Waals surface area contributed by atoms with Crippen molar-refractivity contribution in [1.82, 2.24) is 9.88 Å². The van der Waals surface area contributed by atoms with Crippen LogP contribution in [0.15, 0.2) is 91.2 Å². The molecule has 196 valence electrons. The van der Waals surface area contributed by atoms with Crippen molar-refractivity contribution in [3.05, 3.63) is 113 Å². The van der Waals surface area contributed by atoms with E-state index in [1.165, 1.54) is 6.42 Å². The zero-order valence-electron chi connectivity index (χ0n) is 21.9. The number of hydrogen-bond donors (Lipinski definition) is 2. The lowest BCUT2D eigenvalue weighted by atomic mass is 9.92. The number of piperidine rings is 1. The number of nitriles is 1. The third-order valence-corrected chi connectivity index (χ3v) is 7.76. The van der Waals surface area contributed by atoms with Crippen molar-refractivity contribution in [3.8, 4) is 28.5 Å². The highest BCUT2D eigenvalue weighted by molar-refractivity contribution is 6.30. The molecule has 1 unspecified atom stereocenters. The van der Waals surface area contributed by atoms with Gasteiger partial charge in [-0.25, -0.2) is 4.98 Å². The molecule has 1 aromatic heterocycles. The van der Waals surface area contributed by atoms with Gasteiger partial charge in [0, 0.05) is 52.2 Å². The Hall–Kier alpha value is -4.11. The highest BCUT2D eigenvalue weighted by Gasteiger charge is 2.24. The van der Waals surface area contributed by atoms with Crippen LogP contribution in [0.2, 0.25) is 5.02 Å². The fourth-order valence-electron chi connectivity index (χ4n) is 5.38. The van der Waals surface area contributed by atoms with Crippen LogP contribution in [0.3, 0.4) is 0 Å².